The van der Waals surface area contributed by atoms with Gasteiger partial charge in [-0.25, -0.2) is 19.4 Å². The van der Waals surface area contributed by atoms with Crippen LogP contribution in [0.15, 0.2) is 18.3 Å². The number of aliphatic hydroxyl groups is 1. The van der Waals surface area contributed by atoms with Gasteiger partial charge in [0.15, 0.2) is 6.04 Å². The van der Waals surface area contributed by atoms with Crippen molar-refractivity contribution >= 4 is 24.0 Å². The first-order valence-corrected chi connectivity index (χ1v) is 8.55. The Morgan fingerprint density at radius 3 is 2.07 bits per heavy atom. The van der Waals surface area contributed by atoms with Crippen LogP contribution in [0.3, 0.4) is 0 Å². The summed E-state index contributed by atoms with van der Waals surface area (Å²) < 4.78 is 10.2. The first-order valence-electron chi connectivity index (χ1n) is 8.55. The first kappa shape index (κ1) is 23.2. The van der Waals surface area contributed by atoms with Gasteiger partial charge >= 0.3 is 18.2 Å². The molecule has 2 atom stereocenters. The van der Waals surface area contributed by atoms with Gasteiger partial charge in [-0.15, -0.1) is 0 Å². The van der Waals surface area contributed by atoms with E-state index in [2.05, 4.69) is 15.6 Å². The molecule has 10 nitrogen and oxygen atoms in total. The maximum atomic E-state index is 12.0. The number of nitrogens with zero attached hydrogens (tertiary/aromatic N) is 1. The fourth-order valence-corrected chi connectivity index (χ4v) is 2.05. The van der Waals surface area contributed by atoms with Crippen LogP contribution < -0.4 is 10.6 Å². The zero-order chi connectivity index (χ0) is 21.7. The van der Waals surface area contributed by atoms with Gasteiger partial charge in [0.05, 0.1) is 0 Å². The Balaban J connectivity index is 3.04. The molecule has 0 saturated carbocycles. The summed E-state index contributed by atoms with van der Waals surface area (Å²) in [4.78, 5) is 39.4. The molecular formula is C18H27N3O7. The molecule has 0 aliphatic carbocycles. The number of carbonyl (C=O) groups excluding carboxylic acids is 2. The van der Waals surface area contributed by atoms with E-state index in [0.717, 1.165) is 0 Å². The van der Waals surface area contributed by atoms with Crippen molar-refractivity contribution in [2.24, 2.45) is 0 Å². The SMILES string of the molecule is CC(C)(C)OC(=O)Nc1ncccc1C(O)C(NC(=O)OC(C)(C)C)C(=O)O. The number of hydrogen-bond donors (Lipinski definition) is 4. The van der Waals surface area contributed by atoms with Gasteiger partial charge in [-0.3, -0.25) is 5.32 Å². The number of carboxylic acid groups (broad SMARTS) is 1. The summed E-state index contributed by atoms with van der Waals surface area (Å²) in [6, 6.07) is 1.08. The third kappa shape index (κ3) is 7.78. The van der Waals surface area contributed by atoms with Crippen LogP contribution >= 0.6 is 0 Å². The van der Waals surface area contributed by atoms with Crippen LogP contribution in [-0.2, 0) is 14.3 Å². The molecule has 0 saturated heterocycles. The molecule has 1 rings (SSSR count). The van der Waals surface area contributed by atoms with Gasteiger partial charge < -0.3 is 25.0 Å². The highest BCUT2D eigenvalue weighted by Gasteiger charge is 2.33. The Kier molecular flexibility index (Phi) is 7.34. The Morgan fingerprint density at radius 2 is 1.57 bits per heavy atom. The van der Waals surface area contributed by atoms with Crippen molar-refractivity contribution in [3.8, 4) is 0 Å². The summed E-state index contributed by atoms with van der Waals surface area (Å²) >= 11 is 0. The summed E-state index contributed by atoms with van der Waals surface area (Å²) in [6.45, 7) is 9.86. The third-order valence-corrected chi connectivity index (χ3v) is 3.03. The van der Waals surface area contributed by atoms with Crippen molar-refractivity contribution in [1.29, 1.82) is 0 Å². The molecule has 2 amide bonds. The van der Waals surface area contributed by atoms with Crippen molar-refractivity contribution in [3.05, 3.63) is 23.9 Å². The lowest BCUT2D eigenvalue weighted by atomic mass is 10.0. The van der Waals surface area contributed by atoms with E-state index in [9.17, 15) is 24.6 Å². The van der Waals surface area contributed by atoms with Crippen LogP contribution in [0.25, 0.3) is 0 Å². The predicted molar refractivity (Wildman–Crippen MR) is 99.8 cm³/mol. The quantitative estimate of drug-likeness (QED) is 0.592. The number of carboxylic acids is 1. The minimum absolute atomic E-state index is 0.0168. The first-order chi connectivity index (χ1) is 12.7. The number of anilines is 1. The molecule has 0 spiro atoms. The zero-order valence-corrected chi connectivity index (χ0v) is 16.8. The molecule has 10 heteroatoms. The van der Waals surface area contributed by atoms with Gasteiger partial charge in [-0.2, -0.15) is 0 Å². The number of alkyl carbamates (subject to hydrolysis) is 1. The number of aliphatic hydroxyl groups excluding tert-OH is 1. The highest BCUT2D eigenvalue weighted by atomic mass is 16.6. The van der Waals surface area contributed by atoms with Crippen LogP contribution in [-0.4, -0.2) is 50.6 Å². The van der Waals surface area contributed by atoms with Crippen molar-refractivity contribution in [3.63, 3.8) is 0 Å². The van der Waals surface area contributed by atoms with Gasteiger partial charge in [-0.1, -0.05) is 6.07 Å². The Morgan fingerprint density at radius 1 is 1.04 bits per heavy atom. The van der Waals surface area contributed by atoms with E-state index in [1.165, 1.54) is 18.3 Å². The van der Waals surface area contributed by atoms with Gasteiger partial charge in [-0.05, 0) is 47.6 Å². The largest absolute Gasteiger partial charge is 0.480 e. The highest BCUT2D eigenvalue weighted by molar-refractivity contribution is 5.85. The lowest BCUT2D eigenvalue weighted by molar-refractivity contribution is -0.142. The number of aliphatic carboxylic acids is 1. The molecule has 1 aromatic rings. The second kappa shape index (κ2) is 8.87. The molecule has 156 valence electrons. The van der Waals surface area contributed by atoms with E-state index >= 15 is 0 Å². The summed E-state index contributed by atoms with van der Waals surface area (Å²) in [5.74, 6) is -1.59. The smallest absolute Gasteiger partial charge is 0.413 e. The summed E-state index contributed by atoms with van der Waals surface area (Å²) in [5, 5.41) is 24.4. The van der Waals surface area contributed by atoms with Crippen molar-refractivity contribution < 1.29 is 34.1 Å². The van der Waals surface area contributed by atoms with E-state index in [4.69, 9.17) is 9.47 Å². The lowest BCUT2D eigenvalue weighted by Crippen LogP contribution is -2.47. The molecule has 1 aromatic heterocycles. The Labute approximate surface area is 163 Å². The molecule has 0 aliphatic heterocycles. The number of rotatable bonds is 5. The van der Waals surface area contributed by atoms with Crippen LogP contribution in [0, 0.1) is 0 Å². The van der Waals surface area contributed by atoms with Crippen molar-refractivity contribution in [2.45, 2.75) is 64.9 Å². The molecule has 0 radical (unpaired) electrons. The van der Waals surface area contributed by atoms with E-state index in [1.807, 2.05) is 0 Å². The number of amides is 2. The molecule has 28 heavy (non-hydrogen) atoms. The number of carbonyl (C=O) groups is 3. The standard InChI is InChI=1S/C18H27N3O7/c1-17(2,3)27-15(25)20-11(14(23)24)12(22)10-8-7-9-19-13(10)21-16(26)28-18(4,5)6/h7-9,11-12,22H,1-6H3,(H,20,25)(H,23,24)(H,19,21,26). The molecular weight excluding hydrogens is 370 g/mol. The second-order valence-electron chi connectivity index (χ2n) is 7.98. The van der Waals surface area contributed by atoms with Gasteiger partial charge in [0.25, 0.3) is 0 Å². The van der Waals surface area contributed by atoms with Crippen LogP contribution in [0.2, 0.25) is 0 Å². The number of hydrogen-bond acceptors (Lipinski definition) is 7. The molecule has 2 unspecified atom stereocenters. The normalized spacial score (nSPS) is 13.8. The average molecular weight is 397 g/mol. The predicted octanol–water partition coefficient (Wildman–Crippen LogP) is 2.44. The highest BCUT2D eigenvalue weighted by Crippen LogP contribution is 2.24. The Hall–Kier alpha value is -2.88. The monoisotopic (exact) mass is 397 g/mol. The minimum atomic E-state index is -1.74. The van der Waals surface area contributed by atoms with Crippen molar-refractivity contribution in [1.82, 2.24) is 10.3 Å². The summed E-state index contributed by atoms with van der Waals surface area (Å²) in [7, 11) is 0. The number of nitrogens with one attached hydrogen (secondary N) is 2. The fourth-order valence-electron chi connectivity index (χ4n) is 2.05. The molecule has 0 aromatic carbocycles. The van der Waals surface area contributed by atoms with E-state index in [-0.39, 0.29) is 11.4 Å². The zero-order valence-electron chi connectivity index (χ0n) is 16.8. The third-order valence-electron chi connectivity index (χ3n) is 3.03. The molecule has 1 heterocycles. The molecule has 0 aliphatic rings. The summed E-state index contributed by atoms with van der Waals surface area (Å²) in [5.41, 5.74) is -1.63. The topological polar surface area (TPSA) is 147 Å². The molecule has 0 bridgehead atoms. The van der Waals surface area contributed by atoms with E-state index < -0.39 is 41.5 Å². The summed E-state index contributed by atoms with van der Waals surface area (Å²) in [6.07, 6.45) is -2.21. The maximum Gasteiger partial charge on any atom is 0.413 e. The van der Waals surface area contributed by atoms with E-state index in [1.54, 1.807) is 41.5 Å². The second-order valence-corrected chi connectivity index (χ2v) is 7.98. The maximum absolute atomic E-state index is 12.0. The van der Waals surface area contributed by atoms with Crippen molar-refractivity contribution in [2.75, 3.05) is 5.32 Å². The van der Waals surface area contributed by atoms with Gasteiger partial charge in [0, 0.05) is 11.8 Å². The van der Waals surface area contributed by atoms with Crippen LogP contribution in [0.1, 0.15) is 53.2 Å². The molecule has 4 N–H and O–H groups in total. The minimum Gasteiger partial charge on any atom is -0.480 e. The molecule has 0 fully saturated rings. The fraction of sp³-hybridized carbons (Fsp3) is 0.556. The Bertz CT molecular complexity index is 723. The van der Waals surface area contributed by atoms with Gasteiger partial charge in [0.1, 0.15) is 23.1 Å². The van der Waals surface area contributed by atoms with Gasteiger partial charge in [0.2, 0.25) is 0 Å². The number of pyridine rings is 1. The van der Waals surface area contributed by atoms with E-state index in [0.29, 0.717) is 0 Å². The number of ether oxygens (including phenoxy) is 2. The number of aromatic nitrogens is 1. The lowest BCUT2D eigenvalue weighted by Gasteiger charge is -2.25. The van der Waals surface area contributed by atoms with Crippen LogP contribution in [0.4, 0.5) is 15.4 Å². The average Bonchev–Trinajstić information content (AvgIpc) is 2.48. The van der Waals surface area contributed by atoms with Crippen LogP contribution in [0.5, 0.6) is 0 Å².